The Morgan fingerprint density at radius 2 is 1.73 bits per heavy atom. The van der Waals surface area contributed by atoms with E-state index in [9.17, 15) is 9.59 Å². The molecule has 0 N–H and O–H groups in total. The molecule has 0 saturated heterocycles. The van der Waals surface area contributed by atoms with Gasteiger partial charge in [0.05, 0.1) is 6.61 Å². The summed E-state index contributed by atoms with van der Waals surface area (Å²) in [7, 11) is 0. The van der Waals surface area contributed by atoms with E-state index >= 15 is 0 Å². The van der Waals surface area contributed by atoms with Crippen LogP contribution in [0.15, 0.2) is 0 Å². The number of ketones is 1. The summed E-state index contributed by atoms with van der Waals surface area (Å²) in [6.07, 6.45) is -0.575. The Balaban J connectivity index is 4.56. The Labute approximate surface area is 90.9 Å². The third-order valence-electron chi connectivity index (χ3n) is 2.19. The minimum Gasteiger partial charge on any atom is -0.465 e. The molecule has 0 aromatic heterocycles. The summed E-state index contributed by atoms with van der Waals surface area (Å²) in [5.74, 6) is -0.746. The fourth-order valence-electron chi connectivity index (χ4n) is 1.25. The Hall–Kier alpha value is -0.900. The van der Waals surface area contributed by atoms with Crippen LogP contribution in [-0.2, 0) is 19.1 Å². The van der Waals surface area contributed by atoms with Gasteiger partial charge in [-0.25, -0.2) is 0 Å². The number of esters is 1. The summed E-state index contributed by atoms with van der Waals surface area (Å²) >= 11 is 0. The average molecular weight is 216 g/mol. The maximum atomic E-state index is 11.8. The molecule has 0 aliphatic rings. The highest BCUT2D eigenvalue weighted by Crippen LogP contribution is 2.21. The number of Topliss-reactive ketones (excluding diaryl/α,β-unsaturated/α-hetero) is 1. The largest absolute Gasteiger partial charge is 0.465 e. The molecule has 1 atom stereocenters. The van der Waals surface area contributed by atoms with Gasteiger partial charge in [0, 0.05) is 6.61 Å². The number of ether oxygens (including phenoxy) is 2. The van der Waals surface area contributed by atoms with Gasteiger partial charge in [-0.15, -0.1) is 0 Å². The molecule has 0 saturated carbocycles. The second kappa shape index (κ2) is 5.85. The van der Waals surface area contributed by atoms with Crippen molar-refractivity contribution in [2.75, 3.05) is 13.2 Å². The molecule has 4 nitrogen and oxygen atoms in total. The molecule has 0 radical (unpaired) electrons. The third kappa shape index (κ3) is 3.63. The van der Waals surface area contributed by atoms with Crippen molar-refractivity contribution in [3.8, 4) is 0 Å². The van der Waals surface area contributed by atoms with E-state index in [4.69, 9.17) is 9.47 Å². The van der Waals surface area contributed by atoms with Crippen LogP contribution in [-0.4, -0.2) is 31.1 Å². The van der Waals surface area contributed by atoms with Crippen LogP contribution in [0.1, 0.15) is 34.6 Å². The fraction of sp³-hybridized carbons (Fsp3) is 0.818. The van der Waals surface area contributed by atoms with Gasteiger partial charge in [-0.1, -0.05) is 0 Å². The normalized spacial score (nSPS) is 13.4. The highest BCUT2D eigenvalue weighted by Gasteiger charge is 2.40. The van der Waals surface area contributed by atoms with Gasteiger partial charge in [0.25, 0.3) is 0 Å². The first-order valence-corrected chi connectivity index (χ1v) is 5.21. The average Bonchev–Trinajstić information content (AvgIpc) is 2.17. The molecule has 0 rings (SSSR count). The van der Waals surface area contributed by atoms with Crippen LogP contribution in [0.4, 0.5) is 0 Å². The first-order valence-electron chi connectivity index (χ1n) is 5.21. The standard InChI is InChI=1S/C11H20O4/c1-6-14-8(3)9(12)11(4,5)10(13)15-7-2/h8H,6-7H2,1-5H3. The van der Waals surface area contributed by atoms with Crippen molar-refractivity contribution >= 4 is 11.8 Å². The van der Waals surface area contributed by atoms with Gasteiger partial charge in [0.2, 0.25) is 0 Å². The summed E-state index contributed by atoms with van der Waals surface area (Å²) in [5, 5.41) is 0. The van der Waals surface area contributed by atoms with E-state index in [1.807, 2.05) is 0 Å². The number of carbonyl (C=O) groups excluding carboxylic acids is 2. The molecular weight excluding hydrogens is 196 g/mol. The highest BCUT2D eigenvalue weighted by molar-refractivity contribution is 6.04. The lowest BCUT2D eigenvalue weighted by Gasteiger charge is -2.24. The van der Waals surface area contributed by atoms with Crippen molar-refractivity contribution in [3.05, 3.63) is 0 Å². The first kappa shape index (κ1) is 14.1. The van der Waals surface area contributed by atoms with E-state index in [0.717, 1.165) is 0 Å². The zero-order valence-electron chi connectivity index (χ0n) is 10.1. The molecule has 0 aliphatic carbocycles. The number of carbonyl (C=O) groups is 2. The van der Waals surface area contributed by atoms with Crippen LogP contribution in [0.2, 0.25) is 0 Å². The van der Waals surface area contributed by atoms with Crippen LogP contribution in [0.25, 0.3) is 0 Å². The van der Waals surface area contributed by atoms with Gasteiger partial charge < -0.3 is 9.47 Å². The molecule has 0 spiro atoms. The van der Waals surface area contributed by atoms with Crippen LogP contribution < -0.4 is 0 Å². The van der Waals surface area contributed by atoms with Crippen molar-refractivity contribution in [2.45, 2.75) is 40.7 Å². The van der Waals surface area contributed by atoms with Crippen LogP contribution in [0.3, 0.4) is 0 Å². The predicted octanol–water partition coefficient (Wildman–Crippen LogP) is 1.57. The Bertz CT molecular complexity index is 233. The molecular formula is C11H20O4. The molecule has 1 unspecified atom stereocenters. The van der Waals surface area contributed by atoms with Crippen molar-refractivity contribution in [3.63, 3.8) is 0 Å². The molecule has 4 heteroatoms. The third-order valence-corrected chi connectivity index (χ3v) is 2.19. The minimum atomic E-state index is -1.13. The SMILES string of the molecule is CCOC(=O)C(C)(C)C(=O)C(C)OCC. The lowest BCUT2D eigenvalue weighted by atomic mass is 9.85. The molecule has 0 aromatic carbocycles. The Morgan fingerprint density at radius 1 is 1.20 bits per heavy atom. The second-order valence-corrected chi connectivity index (χ2v) is 3.81. The monoisotopic (exact) mass is 216 g/mol. The summed E-state index contributed by atoms with van der Waals surface area (Å²) in [6, 6.07) is 0. The van der Waals surface area contributed by atoms with Crippen molar-refractivity contribution in [2.24, 2.45) is 5.41 Å². The van der Waals surface area contributed by atoms with E-state index in [2.05, 4.69) is 0 Å². The van der Waals surface area contributed by atoms with Crippen molar-refractivity contribution < 1.29 is 19.1 Å². The molecule has 15 heavy (non-hydrogen) atoms. The molecule has 0 bridgehead atoms. The number of hydrogen-bond acceptors (Lipinski definition) is 4. The lowest BCUT2D eigenvalue weighted by Crippen LogP contribution is -2.41. The van der Waals surface area contributed by atoms with Crippen molar-refractivity contribution in [1.82, 2.24) is 0 Å². The van der Waals surface area contributed by atoms with Gasteiger partial charge in [-0.05, 0) is 34.6 Å². The fourth-order valence-corrected chi connectivity index (χ4v) is 1.25. The van der Waals surface area contributed by atoms with E-state index < -0.39 is 17.5 Å². The van der Waals surface area contributed by atoms with Gasteiger partial charge in [0.15, 0.2) is 5.78 Å². The molecule has 0 aliphatic heterocycles. The summed E-state index contributed by atoms with van der Waals surface area (Å²) in [6.45, 7) is 9.01. The summed E-state index contributed by atoms with van der Waals surface area (Å²) in [5.41, 5.74) is -1.13. The second-order valence-electron chi connectivity index (χ2n) is 3.81. The van der Waals surface area contributed by atoms with Crippen LogP contribution >= 0.6 is 0 Å². The molecule has 0 aromatic rings. The zero-order chi connectivity index (χ0) is 12.1. The number of hydrogen-bond donors (Lipinski definition) is 0. The molecule has 88 valence electrons. The van der Waals surface area contributed by atoms with Crippen LogP contribution in [0, 0.1) is 5.41 Å². The van der Waals surface area contributed by atoms with Gasteiger partial charge in [0.1, 0.15) is 11.5 Å². The molecule has 0 fully saturated rings. The van der Waals surface area contributed by atoms with E-state index in [1.165, 1.54) is 0 Å². The first-order chi connectivity index (χ1) is 6.87. The molecule has 0 heterocycles. The Kier molecular flexibility index (Phi) is 5.50. The Morgan fingerprint density at radius 3 is 2.13 bits per heavy atom. The highest BCUT2D eigenvalue weighted by atomic mass is 16.5. The summed E-state index contributed by atoms with van der Waals surface area (Å²) < 4.78 is 10.0. The van der Waals surface area contributed by atoms with E-state index in [1.54, 1.807) is 34.6 Å². The van der Waals surface area contributed by atoms with Gasteiger partial charge >= 0.3 is 5.97 Å². The quantitative estimate of drug-likeness (QED) is 0.499. The summed E-state index contributed by atoms with van der Waals surface area (Å²) in [4.78, 5) is 23.4. The van der Waals surface area contributed by atoms with E-state index in [0.29, 0.717) is 6.61 Å². The lowest BCUT2D eigenvalue weighted by molar-refractivity contribution is -0.161. The topological polar surface area (TPSA) is 52.6 Å². The zero-order valence-corrected chi connectivity index (χ0v) is 10.1. The maximum Gasteiger partial charge on any atom is 0.319 e. The maximum absolute atomic E-state index is 11.8. The number of rotatable bonds is 6. The smallest absolute Gasteiger partial charge is 0.319 e. The minimum absolute atomic E-state index is 0.247. The van der Waals surface area contributed by atoms with E-state index in [-0.39, 0.29) is 12.4 Å². The molecule has 0 amide bonds. The van der Waals surface area contributed by atoms with Crippen molar-refractivity contribution in [1.29, 1.82) is 0 Å². The van der Waals surface area contributed by atoms with Crippen LogP contribution in [0.5, 0.6) is 0 Å². The van der Waals surface area contributed by atoms with Gasteiger partial charge in [-0.3, -0.25) is 9.59 Å². The van der Waals surface area contributed by atoms with Gasteiger partial charge in [-0.2, -0.15) is 0 Å². The predicted molar refractivity (Wildman–Crippen MR) is 56.5 cm³/mol.